The molecule has 8 heteroatoms. The molecule has 0 amide bonds. The first-order valence-electron chi connectivity index (χ1n) is 8.75. The fourth-order valence-corrected chi connectivity index (χ4v) is 2.59. The topological polar surface area (TPSA) is 114 Å². The van der Waals surface area contributed by atoms with Gasteiger partial charge in [0.25, 0.3) is 0 Å². The van der Waals surface area contributed by atoms with Crippen LogP contribution in [0.1, 0.15) is 22.3 Å². The van der Waals surface area contributed by atoms with Gasteiger partial charge in [0.05, 0.1) is 21.3 Å². The third-order valence-corrected chi connectivity index (χ3v) is 4.16. The van der Waals surface area contributed by atoms with Crippen LogP contribution in [0.3, 0.4) is 0 Å². The predicted molar refractivity (Wildman–Crippen MR) is 108 cm³/mol. The Kier molecular flexibility index (Phi) is 9.47. The quantitative estimate of drug-likeness (QED) is 0.603. The summed E-state index contributed by atoms with van der Waals surface area (Å²) < 4.78 is 16.0. The van der Waals surface area contributed by atoms with Gasteiger partial charge in [0, 0.05) is 24.7 Å². The largest absolute Gasteiger partial charge is 0.497 e. The zero-order valence-corrected chi connectivity index (χ0v) is 17.2. The highest BCUT2D eigenvalue weighted by molar-refractivity contribution is 6.27. The molecule has 0 aliphatic carbocycles. The van der Waals surface area contributed by atoms with E-state index in [2.05, 4.69) is 31.3 Å². The van der Waals surface area contributed by atoms with Gasteiger partial charge in [0.15, 0.2) is 0 Å². The Hall–Kier alpha value is -3.26. The maximum absolute atomic E-state index is 9.10. The van der Waals surface area contributed by atoms with E-state index >= 15 is 0 Å². The van der Waals surface area contributed by atoms with Crippen molar-refractivity contribution in [2.24, 2.45) is 0 Å². The first kappa shape index (κ1) is 23.8. The highest BCUT2D eigenvalue weighted by Crippen LogP contribution is 2.25. The number of carbonyl (C=O) groups is 2. The molecule has 0 unspecified atom stereocenters. The molecular weight excluding hydrogens is 378 g/mol. The van der Waals surface area contributed by atoms with Crippen molar-refractivity contribution in [1.82, 2.24) is 5.32 Å². The van der Waals surface area contributed by atoms with E-state index in [9.17, 15) is 0 Å². The van der Waals surface area contributed by atoms with Gasteiger partial charge in [-0.25, -0.2) is 9.59 Å². The summed E-state index contributed by atoms with van der Waals surface area (Å²) in [7, 11) is 5.03. The summed E-state index contributed by atoms with van der Waals surface area (Å²) in [6.45, 7) is 5.70. The number of nitrogens with one attached hydrogen (secondary N) is 1. The molecule has 0 bridgehead atoms. The van der Waals surface area contributed by atoms with Gasteiger partial charge in [-0.2, -0.15) is 0 Å². The number of aryl methyl sites for hydroxylation is 2. The van der Waals surface area contributed by atoms with Gasteiger partial charge >= 0.3 is 11.9 Å². The lowest BCUT2D eigenvalue weighted by molar-refractivity contribution is -0.159. The molecule has 0 aliphatic rings. The van der Waals surface area contributed by atoms with Gasteiger partial charge in [0.2, 0.25) is 0 Å². The Bertz CT molecular complexity index is 837. The van der Waals surface area contributed by atoms with Crippen molar-refractivity contribution in [2.45, 2.75) is 26.9 Å². The van der Waals surface area contributed by atoms with Gasteiger partial charge in [-0.05, 0) is 42.7 Å². The van der Waals surface area contributed by atoms with Crippen molar-refractivity contribution >= 4 is 11.9 Å². The fraction of sp³-hybridized carbons (Fsp3) is 0.333. The molecule has 0 heterocycles. The molecule has 0 aromatic heterocycles. The van der Waals surface area contributed by atoms with Gasteiger partial charge in [-0.15, -0.1) is 0 Å². The van der Waals surface area contributed by atoms with Crippen LogP contribution in [-0.2, 0) is 22.7 Å². The highest BCUT2D eigenvalue weighted by atomic mass is 16.5. The third kappa shape index (κ3) is 7.34. The molecule has 8 nitrogen and oxygen atoms in total. The van der Waals surface area contributed by atoms with E-state index in [1.54, 1.807) is 21.3 Å². The van der Waals surface area contributed by atoms with Crippen molar-refractivity contribution in [3.63, 3.8) is 0 Å². The van der Waals surface area contributed by atoms with Gasteiger partial charge in [-0.1, -0.05) is 12.1 Å². The molecular formula is C21H27NO7. The standard InChI is InChI=1S/C19H25NO3.C2H2O4/c1-13-9-18(22-4)14(2)8-16(13)12-20-11-15-6-7-17(21-3)10-19(15)23-5;3-1(4)2(5)6/h6-10,20H,11-12H2,1-5H3;(H,3,4)(H,5,6). The minimum Gasteiger partial charge on any atom is -0.497 e. The Morgan fingerprint density at radius 2 is 1.38 bits per heavy atom. The van der Waals surface area contributed by atoms with Crippen LogP contribution in [0, 0.1) is 13.8 Å². The van der Waals surface area contributed by atoms with Crippen LogP contribution >= 0.6 is 0 Å². The number of carboxylic acid groups (broad SMARTS) is 2. The number of benzene rings is 2. The zero-order valence-electron chi connectivity index (χ0n) is 17.2. The van der Waals surface area contributed by atoms with Crippen LogP contribution < -0.4 is 19.5 Å². The summed E-state index contributed by atoms with van der Waals surface area (Å²) in [6, 6.07) is 10.1. The molecule has 0 radical (unpaired) electrons. The minimum absolute atomic E-state index is 0.734. The maximum Gasteiger partial charge on any atom is 0.414 e. The molecule has 0 aliphatic heterocycles. The Morgan fingerprint density at radius 1 is 0.793 bits per heavy atom. The van der Waals surface area contributed by atoms with Crippen molar-refractivity contribution in [3.05, 3.63) is 52.6 Å². The number of aliphatic carboxylic acids is 2. The summed E-state index contributed by atoms with van der Waals surface area (Å²) in [5.41, 5.74) is 4.76. The van der Waals surface area contributed by atoms with Gasteiger partial charge in [0.1, 0.15) is 17.2 Å². The second-order valence-electron chi connectivity index (χ2n) is 6.14. The molecule has 0 fully saturated rings. The van der Waals surface area contributed by atoms with Crippen molar-refractivity contribution < 1.29 is 34.0 Å². The molecule has 0 saturated carbocycles. The summed E-state index contributed by atoms with van der Waals surface area (Å²) >= 11 is 0. The molecule has 0 spiro atoms. The van der Waals surface area contributed by atoms with Crippen molar-refractivity contribution in [3.8, 4) is 17.2 Å². The number of rotatable bonds is 7. The minimum atomic E-state index is -1.82. The van der Waals surface area contributed by atoms with E-state index in [1.807, 2.05) is 18.2 Å². The van der Waals surface area contributed by atoms with Crippen LogP contribution in [0.15, 0.2) is 30.3 Å². The van der Waals surface area contributed by atoms with Gasteiger partial charge < -0.3 is 29.7 Å². The lowest BCUT2D eigenvalue weighted by Crippen LogP contribution is -2.14. The lowest BCUT2D eigenvalue weighted by Gasteiger charge is -2.14. The SMILES string of the molecule is COc1ccc(CNCc2cc(C)c(OC)cc2C)c(OC)c1.O=C(O)C(=O)O. The van der Waals surface area contributed by atoms with Gasteiger partial charge in [-0.3, -0.25) is 0 Å². The zero-order chi connectivity index (χ0) is 22.0. The summed E-state index contributed by atoms with van der Waals surface area (Å²) in [6.07, 6.45) is 0. The molecule has 2 aromatic rings. The average molecular weight is 405 g/mol. The van der Waals surface area contributed by atoms with Crippen LogP contribution in [0.2, 0.25) is 0 Å². The second kappa shape index (κ2) is 11.6. The number of ether oxygens (including phenoxy) is 3. The van der Waals surface area contributed by atoms with E-state index in [0.717, 1.165) is 41.5 Å². The monoisotopic (exact) mass is 405 g/mol. The fourth-order valence-electron chi connectivity index (χ4n) is 2.59. The third-order valence-electron chi connectivity index (χ3n) is 4.16. The highest BCUT2D eigenvalue weighted by Gasteiger charge is 2.07. The van der Waals surface area contributed by atoms with E-state index in [0.29, 0.717) is 0 Å². The van der Waals surface area contributed by atoms with Crippen LogP contribution in [-0.4, -0.2) is 43.5 Å². The summed E-state index contributed by atoms with van der Waals surface area (Å²) in [5, 5.41) is 18.3. The second-order valence-corrected chi connectivity index (χ2v) is 6.14. The lowest BCUT2D eigenvalue weighted by atomic mass is 10.0. The Labute approximate surface area is 170 Å². The molecule has 2 rings (SSSR count). The first-order chi connectivity index (χ1) is 13.7. The molecule has 0 saturated heterocycles. The molecule has 0 atom stereocenters. The summed E-state index contributed by atoms with van der Waals surface area (Å²) in [4.78, 5) is 18.2. The summed E-state index contributed by atoms with van der Waals surface area (Å²) in [5.74, 6) is -1.08. The van der Waals surface area contributed by atoms with Crippen molar-refractivity contribution in [1.29, 1.82) is 0 Å². The average Bonchev–Trinajstić information content (AvgIpc) is 2.70. The van der Waals surface area contributed by atoms with E-state index in [4.69, 9.17) is 34.0 Å². The van der Waals surface area contributed by atoms with E-state index < -0.39 is 11.9 Å². The van der Waals surface area contributed by atoms with Crippen LogP contribution in [0.5, 0.6) is 17.2 Å². The number of hydrogen-bond acceptors (Lipinski definition) is 6. The maximum atomic E-state index is 9.10. The molecule has 2 aromatic carbocycles. The predicted octanol–water partition coefficient (Wildman–Crippen LogP) is 2.77. The normalized spacial score (nSPS) is 9.83. The Morgan fingerprint density at radius 3 is 1.90 bits per heavy atom. The first-order valence-corrected chi connectivity index (χ1v) is 8.75. The number of hydrogen-bond donors (Lipinski definition) is 3. The molecule has 3 N–H and O–H groups in total. The van der Waals surface area contributed by atoms with Crippen LogP contribution in [0.4, 0.5) is 0 Å². The number of carboxylic acids is 2. The van der Waals surface area contributed by atoms with Crippen LogP contribution in [0.25, 0.3) is 0 Å². The smallest absolute Gasteiger partial charge is 0.414 e. The van der Waals surface area contributed by atoms with E-state index in [-0.39, 0.29) is 0 Å². The molecule has 29 heavy (non-hydrogen) atoms. The Balaban J connectivity index is 0.000000612. The van der Waals surface area contributed by atoms with E-state index in [1.165, 1.54) is 11.1 Å². The van der Waals surface area contributed by atoms with Crippen molar-refractivity contribution in [2.75, 3.05) is 21.3 Å². The number of methoxy groups -OCH3 is 3. The molecule has 158 valence electrons.